The number of aliphatic imine (C=N–C) groups is 4. The van der Waals surface area contributed by atoms with Gasteiger partial charge in [-0.15, -0.1) is 0 Å². The van der Waals surface area contributed by atoms with Gasteiger partial charge in [0.2, 0.25) is 0 Å². The van der Waals surface area contributed by atoms with Crippen molar-refractivity contribution in [2.75, 3.05) is 0 Å². The minimum atomic E-state index is -0.251. The van der Waals surface area contributed by atoms with Crippen molar-refractivity contribution in [2.45, 2.75) is 0 Å². The topological polar surface area (TPSA) is 83.6 Å². The number of rotatable bonds is 4. The Kier molecular flexibility index (Phi) is 3.99. The average Bonchev–Trinajstić information content (AvgIpc) is 3.39. The molecule has 0 radical (unpaired) electrons. The van der Waals surface area contributed by atoms with Crippen molar-refractivity contribution >= 4 is 35.0 Å². The van der Waals surface area contributed by atoms with Crippen LogP contribution in [0.15, 0.2) is 104 Å². The van der Waals surface area contributed by atoms with Gasteiger partial charge in [0.05, 0.1) is 34.2 Å². The molecule has 0 atom stereocenters. The van der Waals surface area contributed by atoms with E-state index in [0.717, 1.165) is 22.8 Å². The quantitative estimate of drug-likeness (QED) is 0.736. The molecule has 124 valence electrons. The maximum atomic E-state index is 11.1. The van der Waals surface area contributed by atoms with Crippen molar-refractivity contribution in [2.24, 2.45) is 20.0 Å². The first-order chi connectivity index (χ1) is 12.7. The summed E-state index contributed by atoms with van der Waals surface area (Å²) >= 11 is 0. The van der Waals surface area contributed by atoms with E-state index in [2.05, 4.69) is 20.0 Å². The van der Waals surface area contributed by atoms with Gasteiger partial charge in [0.25, 0.3) is 5.91 Å². The molecule has 0 bridgehead atoms. The fourth-order valence-electron chi connectivity index (χ4n) is 2.54. The van der Waals surface area contributed by atoms with Gasteiger partial charge in [-0.25, -0.2) is 20.0 Å². The van der Waals surface area contributed by atoms with E-state index in [9.17, 15) is 9.59 Å². The molecule has 4 aliphatic rings. The Morgan fingerprint density at radius 2 is 0.962 bits per heavy atom. The molecule has 26 heavy (non-hydrogen) atoms. The van der Waals surface area contributed by atoms with Gasteiger partial charge in [-0.1, -0.05) is 0 Å². The van der Waals surface area contributed by atoms with Gasteiger partial charge >= 0.3 is 0 Å². The summed E-state index contributed by atoms with van der Waals surface area (Å²) < 4.78 is 0. The first-order valence-electron chi connectivity index (χ1n) is 7.89. The normalized spacial score (nSPS) is 24.9. The molecule has 0 aromatic rings. The van der Waals surface area contributed by atoms with E-state index in [1.807, 2.05) is 36.5 Å². The fraction of sp³-hybridized carbons (Fsp3) is 0. The average molecular weight is 340 g/mol. The molecule has 0 saturated carbocycles. The van der Waals surface area contributed by atoms with Crippen LogP contribution >= 0.6 is 0 Å². The number of nitrogens with zero attached hydrogens (tertiary/aromatic N) is 4. The number of hydrogen-bond acceptors (Lipinski definition) is 5. The lowest BCUT2D eigenvalue weighted by Gasteiger charge is -1.92. The molecule has 0 aromatic heterocycles. The molecular weight excluding hydrogens is 328 g/mol. The number of carbonyl (C=O) groups excluding carboxylic acids is 2. The molecule has 0 unspecified atom stereocenters. The summed E-state index contributed by atoms with van der Waals surface area (Å²) in [6.07, 6.45) is 20.2. The van der Waals surface area contributed by atoms with Gasteiger partial charge in [0, 0.05) is 6.08 Å². The van der Waals surface area contributed by atoms with Crippen molar-refractivity contribution in [1.29, 1.82) is 0 Å². The van der Waals surface area contributed by atoms with Crippen LogP contribution in [0, 0.1) is 0 Å². The van der Waals surface area contributed by atoms with Crippen molar-refractivity contribution < 1.29 is 9.59 Å². The third-order valence-electron chi connectivity index (χ3n) is 3.69. The predicted octanol–water partition coefficient (Wildman–Crippen LogP) is 2.41. The molecule has 0 saturated heterocycles. The van der Waals surface area contributed by atoms with Crippen LogP contribution in [0.4, 0.5) is 0 Å². The zero-order chi connectivity index (χ0) is 17.9. The molecule has 4 aliphatic heterocycles. The van der Waals surface area contributed by atoms with E-state index in [1.165, 1.54) is 6.08 Å². The summed E-state index contributed by atoms with van der Waals surface area (Å²) in [6.45, 7) is 0. The van der Waals surface area contributed by atoms with Crippen molar-refractivity contribution in [1.82, 2.24) is 0 Å². The summed E-state index contributed by atoms with van der Waals surface area (Å²) in [7, 11) is 0. The molecule has 6 heteroatoms. The second-order valence-corrected chi connectivity index (χ2v) is 5.64. The number of amides is 1. The highest BCUT2D eigenvalue weighted by molar-refractivity contribution is 6.35. The maximum absolute atomic E-state index is 11.1. The minimum Gasteiger partial charge on any atom is -0.296 e. The zero-order valence-corrected chi connectivity index (χ0v) is 13.5. The van der Waals surface area contributed by atoms with Crippen molar-refractivity contribution in [3.05, 3.63) is 83.9 Å². The van der Waals surface area contributed by atoms with Crippen LogP contribution in [0.3, 0.4) is 0 Å². The Balaban J connectivity index is 1.49. The third kappa shape index (κ3) is 3.49. The van der Waals surface area contributed by atoms with Gasteiger partial charge in [0.15, 0.2) is 6.29 Å². The summed E-state index contributed by atoms with van der Waals surface area (Å²) in [4.78, 5) is 38.7. The molecule has 4 rings (SSSR count). The first-order valence-corrected chi connectivity index (χ1v) is 7.89. The first kappa shape index (κ1) is 15.7. The number of hydrogen-bond donors (Lipinski definition) is 0. The molecule has 6 nitrogen and oxygen atoms in total. The molecule has 0 spiro atoms. The summed E-state index contributed by atoms with van der Waals surface area (Å²) in [5.41, 5.74) is 4.73. The second-order valence-electron chi connectivity index (χ2n) is 5.64. The Bertz CT molecular complexity index is 1050. The van der Waals surface area contributed by atoms with E-state index in [1.54, 1.807) is 24.3 Å². The smallest absolute Gasteiger partial charge is 0.270 e. The van der Waals surface area contributed by atoms with Crippen LogP contribution in [0.5, 0.6) is 0 Å². The van der Waals surface area contributed by atoms with Crippen LogP contribution in [-0.4, -0.2) is 35.0 Å². The van der Waals surface area contributed by atoms with Gasteiger partial charge in [-0.05, 0) is 60.8 Å². The monoisotopic (exact) mass is 340 g/mol. The molecule has 0 aliphatic carbocycles. The number of aldehydes is 1. The Morgan fingerprint density at radius 3 is 1.38 bits per heavy atom. The summed E-state index contributed by atoms with van der Waals surface area (Å²) in [6, 6.07) is 0. The number of allylic oxidation sites excluding steroid dienone is 10. The highest BCUT2D eigenvalue weighted by Gasteiger charge is 2.10. The second kappa shape index (κ2) is 6.60. The largest absolute Gasteiger partial charge is 0.296 e. The van der Waals surface area contributed by atoms with Crippen LogP contribution in [-0.2, 0) is 9.59 Å². The van der Waals surface area contributed by atoms with E-state index < -0.39 is 0 Å². The Labute approximate surface area is 149 Å². The van der Waals surface area contributed by atoms with Crippen LogP contribution in [0.2, 0.25) is 0 Å². The Morgan fingerprint density at radius 1 is 0.538 bits per heavy atom. The lowest BCUT2D eigenvalue weighted by molar-refractivity contribution is -0.113. The minimum absolute atomic E-state index is 0.251. The lowest BCUT2D eigenvalue weighted by atomic mass is 10.2. The van der Waals surface area contributed by atoms with E-state index in [-0.39, 0.29) is 5.91 Å². The van der Waals surface area contributed by atoms with E-state index in [4.69, 9.17) is 0 Å². The van der Waals surface area contributed by atoms with Gasteiger partial charge < -0.3 is 0 Å². The highest BCUT2D eigenvalue weighted by Crippen LogP contribution is 2.17. The Hall–Kier alpha value is -3.80. The summed E-state index contributed by atoms with van der Waals surface area (Å²) in [5.74, 6) is -0.251. The van der Waals surface area contributed by atoms with Gasteiger partial charge in [-0.2, -0.15) is 0 Å². The molecule has 4 heterocycles. The highest BCUT2D eigenvalue weighted by atomic mass is 16.1. The zero-order valence-electron chi connectivity index (χ0n) is 13.5. The molecule has 0 aromatic carbocycles. The summed E-state index contributed by atoms with van der Waals surface area (Å²) in [5, 5.41) is 0. The lowest BCUT2D eigenvalue weighted by Crippen LogP contribution is -1.89. The van der Waals surface area contributed by atoms with Crippen molar-refractivity contribution in [3.8, 4) is 0 Å². The third-order valence-corrected chi connectivity index (χ3v) is 3.69. The molecule has 0 fully saturated rings. The standard InChI is InChI=1S/C20H12N4O2/c25-12-19-6-5-17(23-19)10-15-2-1-13(21-15)9-14-3-4-16(22-14)11-18-7-8-20(26)24-18/h1-12H. The fourth-order valence-corrected chi connectivity index (χ4v) is 2.54. The van der Waals surface area contributed by atoms with Crippen molar-refractivity contribution in [3.63, 3.8) is 0 Å². The van der Waals surface area contributed by atoms with E-state index >= 15 is 0 Å². The van der Waals surface area contributed by atoms with Crippen LogP contribution in [0.25, 0.3) is 0 Å². The molecular formula is C20H12N4O2. The van der Waals surface area contributed by atoms with E-state index in [0.29, 0.717) is 23.4 Å². The van der Waals surface area contributed by atoms with Crippen LogP contribution < -0.4 is 0 Å². The van der Waals surface area contributed by atoms with Gasteiger partial charge in [-0.3, -0.25) is 9.59 Å². The molecule has 0 N–H and O–H groups in total. The van der Waals surface area contributed by atoms with Crippen LogP contribution in [0.1, 0.15) is 0 Å². The van der Waals surface area contributed by atoms with Gasteiger partial charge in [0.1, 0.15) is 5.71 Å². The maximum Gasteiger partial charge on any atom is 0.270 e. The molecule has 1 amide bonds. The SMILES string of the molecule is O=CC1=NC(=CC2=NC(=CC3=NC(=CC4=NC(=O)C=C4)C=C3)C=C2)C=C1. The predicted molar refractivity (Wildman–Crippen MR) is 102 cm³/mol. The number of carbonyl (C=O) groups is 2.